The van der Waals surface area contributed by atoms with E-state index < -0.39 is 16.0 Å². The zero-order chi connectivity index (χ0) is 21.2. The highest BCUT2D eigenvalue weighted by molar-refractivity contribution is 7.92. The Hall–Kier alpha value is -2.51. The van der Waals surface area contributed by atoms with Crippen molar-refractivity contribution in [3.8, 4) is 0 Å². The van der Waals surface area contributed by atoms with E-state index in [-0.39, 0.29) is 11.5 Å². The van der Waals surface area contributed by atoms with Crippen LogP contribution in [0.1, 0.15) is 41.9 Å². The van der Waals surface area contributed by atoms with Crippen LogP contribution in [0.5, 0.6) is 0 Å². The standard InChI is InChI=1S/C21H22ClNO5S/c1-4-6-19-20(21(24)27-5-2)16-12-14(7-10-18(16)28-19)23-29(25,26)15-8-9-17(22)13(3)11-15/h7-12,23H,4-6H2,1-3H3. The number of anilines is 1. The number of ether oxygens (including phenoxy) is 1. The van der Waals surface area contributed by atoms with Crippen molar-refractivity contribution in [3.05, 3.63) is 58.3 Å². The second-order valence-electron chi connectivity index (χ2n) is 6.60. The fourth-order valence-electron chi connectivity index (χ4n) is 3.04. The summed E-state index contributed by atoms with van der Waals surface area (Å²) in [5.74, 6) is 0.0531. The van der Waals surface area contributed by atoms with Gasteiger partial charge < -0.3 is 9.15 Å². The molecular weight excluding hydrogens is 414 g/mol. The van der Waals surface area contributed by atoms with Crippen LogP contribution in [-0.2, 0) is 21.2 Å². The van der Waals surface area contributed by atoms with E-state index in [1.807, 2.05) is 6.92 Å². The highest BCUT2D eigenvalue weighted by atomic mass is 35.5. The molecule has 3 rings (SSSR count). The molecule has 0 aliphatic carbocycles. The summed E-state index contributed by atoms with van der Waals surface area (Å²) in [6.07, 6.45) is 1.37. The number of halogens is 1. The molecule has 3 aromatic rings. The number of hydrogen-bond acceptors (Lipinski definition) is 5. The lowest BCUT2D eigenvalue weighted by Gasteiger charge is -2.09. The Kier molecular flexibility index (Phi) is 6.19. The van der Waals surface area contributed by atoms with Crippen LogP contribution in [0, 0.1) is 6.92 Å². The third-order valence-corrected chi connectivity index (χ3v) is 6.21. The third kappa shape index (κ3) is 4.41. The molecule has 0 aliphatic rings. The zero-order valence-electron chi connectivity index (χ0n) is 16.4. The smallest absolute Gasteiger partial charge is 0.342 e. The van der Waals surface area contributed by atoms with Gasteiger partial charge in [-0.15, -0.1) is 0 Å². The topological polar surface area (TPSA) is 85.6 Å². The molecule has 0 aliphatic heterocycles. The van der Waals surface area contributed by atoms with Gasteiger partial charge in [0.15, 0.2) is 0 Å². The van der Waals surface area contributed by atoms with E-state index in [0.29, 0.717) is 45.0 Å². The van der Waals surface area contributed by atoms with Gasteiger partial charge in [-0.25, -0.2) is 13.2 Å². The Labute approximate surface area is 174 Å². The maximum absolute atomic E-state index is 12.8. The molecule has 1 aromatic heterocycles. The van der Waals surface area contributed by atoms with Crippen molar-refractivity contribution >= 4 is 44.3 Å². The molecule has 1 heterocycles. The zero-order valence-corrected chi connectivity index (χ0v) is 18.0. The minimum atomic E-state index is -3.82. The van der Waals surface area contributed by atoms with Gasteiger partial charge in [-0.1, -0.05) is 18.5 Å². The van der Waals surface area contributed by atoms with Crippen LogP contribution >= 0.6 is 11.6 Å². The van der Waals surface area contributed by atoms with Gasteiger partial charge in [-0.05, 0) is 62.2 Å². The van der Waals surface area contributed by atoms with Crippen molar-refractivity contribution in [1.82, 2.24) is 0 Å². The molecule has 6 nitrogen and oxygen atoms in total. The molecule has 2 aromatic carbocycles. The molecule has 0 atom stereocenters. The van der Waals surface area contributed by atoms with E-state index in [1.165, 1.54) is 12.1 Å². The Bertz CT molecular complexity index is 1170. The first kappa shape index (κ1) is 21.2. The Balaban J connectivity index is 2.03. The number of carbonyl (C=O) groups excluding carboxylic acids is 1. The van der Waals surface area contributed by atoms with E-state index in [2.05, 4.69) is 4.72 Å². The lowest BCUT2D eigenvalue weighted by Crippen LogP contribution is -2.13. The fourth-order valence-corrected chi connectivity index (χ4v) is 4.29. The highest BCUT2D eigenvalue weighted by Crippen LogP contribution is 2.31. The number of carbonyl (C=O) groups is 1. The second kappa shape index (κ2) is 8.47. The monoisotopic (exact) mass is 435 g/mol. The summed E-state index contributed by atoms with van der Waals surface area (Å²) in [4.78, 5) is 12.6. The van der Waals surface area contributed by atoms with Gasteiger partial charge in [0, 0.05) is 22.5 Å². The first-order valence-corrected chi connectivity index (χ1v) is 11.1. The summed E-state index contributed by atoms with van der Waals surface area (Å²) < 4.78 is 39.0. The van der Waals surface area contributed by atoms with Crippen molar-refractivity contribution < 1.29 is 22.4 Å². The number of esters is 1. The third-order valence-electron chi connectivity index (χ3n) is 4.41. The summed E-state index contributed by atoms with van der Waals surface area (Å²) in [6.45, 7) is 5.68. The summed E-state index contributed by atoms with van der Waals surface area (Å²) in [7, 11) is -3.82. The van der Waals surface area contributed by atoms with Gasteiger partial charge in [0.25, 0.3) is 10.0 Å². The molecule has 29 heavy (non-hydrogen) atoms. The van der Waals surface area contributed by atoms with Crippen LogP contribution < -0.4 is 4.72 Å². The summed E-state index contributed by atoms with van der Waals surface area (Å²) in [6, 6.07) is 9.31. The van der Waals surface area contributed by atoms with Crippen molar-refractivity contribution in [2.24, 2.45) is 0 Å². The molecular formula is C21H22ClNO5S. The van der Waals surface area contributed by atoms with Crippen LogP contribution in [0.2, 0.25) is 5.02 Å². The van der Waals surface area contributed by atoms with Gasteiger partial charge in [0.2, 0.25) is 0 Å². The number of hydrogen-bond donors (Lipinski definition) is 1. The number of aryl methyl sites for hydroxylation is 2. The van der Waals surface area contributed by atoms with Crippen molar-refractivity contribution in [1.29, 1.82) is 0 Å². The van der Waals surface area contributed by atoms with Gasteiger partial charge in [-0.3, -0.25) is 4.72 Å². The minimum absolute atomic E-state index is 0.101. The van der Waals surface area contributed by atoms with Crippen LogP contribution in [0.3, 0.4) is 0 Å². The van der Waals surface area contributed by atoms with E-state index in [1.54, 1.807) is 38.1 Å². The first-order chi connectivity index (χ1) is 13.8. The maximum atomic E-state index is 12.8. The summed E-state index contributed by atoms with van der Waals surface area (Å²) >= 11 is 5.99. The molecule has 154 valence electrons. The largest absolute Gasteiger partial charge is 0.462 e. The lowest BCUT2D eigenvalue weighted by atomic mass is 10.1. The summed E-state index contributed by atoms with van der Waals surface area (Å²) in [5, 5.41) is 1.01. The molecule has 0 bridgehead atoms. The summed E-state index contributed by atoms with van der Waals surface area (Å²) in [5.41, 5.74) is 1.82. The van der Waals surface area contributed by atoms with Crippen LogP contribution in [0.25, 0.3) is 11.0 Å². The number of furan rings is 1. The molecule has 0 unspecified atom stereocenters. The molecule has 0 amide bonds. The Morgan fingerprint density at radius 3 is 2.59 bits per heavy atom. The Morgan fingerprint density at radius 1 is 1.17 bits per heavy atom. The van der Waals surface area contributed by atoms with E-state index >= 15 is 0 Å². The number of benzene rings is 2. The average Bonchev–Trinajstić information content (AvgIpc) is 3.01. The molecule has 8 heteroatoms. The number of rotatable bonds is 7. The molecule has 0 saturated carbocycles. The highest BCUT2D eigenvalue weighted by Gasteiger charge is 2.23. The minimum Gasteiger partial charge on any atom is -0.462 e. The predicted octanol–water partition coefficient (Wildman–Crippen LogP) is 5.32. The van der Waals surface area contributed by atoms with Gasteiger partial charge in [0.05, 0.1) is 11.5 Å². The van der Waals surface area contributed by atoms with Gasteiger partial charge in [-0.2, -0.15) is 0 Å². The van der Waals surface area contributed by atoms with Crippen LogP contribution in [0.4, 0.5) is 5.69 Å². The van der Waals surface area contributed by atoms with Gasteiger partial charge >= 0.3 is 5.97 Å². The average molecular weight is 436 g/mol. The van der Waals surface area contributed by atoms with E-state index in [9.17, 15) is 13.2 Å². The molecule has 0 radical (unpaired) electrons. The second-order valence-corrected chi connectivity index (χ2v) is 8.69. The van der Waals surface area contributed by atoms with Crippen molar-refractivity contribution in [3.63, 3.8) is 0 Å². The molecule has 0 saturated heterocycles. The van der Waals surface area contributed by atoms with Crippen LogP contribution in [-0.4, -0.2) is 21.0 Å². The fraction of sp³-hybridized carbons (Fsp3) is 0.286. The van der Waals surface area contributed by atoms with Gasteiger partial charge in [0.1, 0.15) is 16.9 Å². The number of nitrogens with one attached hydrogen (secondary N) is 1. The maximum Gasteiger partial charge on any atom is 0.342 e. The first-order valence-electron chi connectivity index (χ1n) is 9.28. The SMILES string of the molecule is CCCc1oc2ccc(NS(=O)(=O)c3ccc(Cl)c(C)c3)cc2c1C(=O)OCC. The van der Waals surface area contributed by atoms with E-state index in [4.69, 9.17) is 20.8 Å². The molecule has 0 spiro atoms. The quantitative estimate of drug-likeness (QED) is 0.507. The predicted molar refractivity (Wildman–Crippen MR) is 113 cm³/mol. The lowest BCUT2D eigenvalue weighted by molar-refractivity contribution is 0.0526. The number of sulfonamides is 1. The molecule has 1 N–H and O–H groups in total. The number of fused-ring (bicyclic) bond motifs is 1. The van der Waals surface area contributed by atoms with Crippen molar-refractivity contribution in [2.75, 3.05) is 11.3 Å². The molecule has 0 fully saturated rings. The Morgan fingerprint density at radius 2 is 1.93 bits per heavy atom. The normalized spacial score (nSPS) is 11.6. The van der Waals surface area contributed by atoms with Crippen LogP contribution in [0.15, 0.2) is 45.7 Å². The van der Waals surface area contributed by atoms with Crippen molar-refractivity contribution in [2.45, 2.75) is 38.5 Å². The van der Waals surface area contributed by atoms with E-state index in [0.717, 1.165) is 6.42 Å².